The molecule has 1 fully saturated rings. The zero-order chi connectivity index (χ0) is 12.8. The first-order valence-electron chi connectivity index (χ1n) is 7.02. The zero-order valence-electron chi connectivity index (χ0n) is 11.1. The van der Waals surface area contributed by atoms with Crippen molar-refractivity contribution in [2.75, 3.05) is 6.61 Å². The Morgan fingerprint density at radius 2 is 1.94 bits per heavy atom. The molecular formula is C16H22O2. The van der Waals surface area contributed by atoms with E-state index >= 15 is 0 Å². The average Bonchev–Trinajstić information content (AvgIpc) is 2.45. The van der Waals surface area contributed by atoms with Crippen molar-refractivity contribution < 1.29 is 9.53 Å². The van der Waals surface area contributed by atoms with Crippen molar-refractivity contribution in [3.63, 3.8) is 0 Å². The monoisotopic (exact) mass is 246 g/mol. The van der Waals surface area contributed by atoms with Crippen LogP contribution in [0.4, 0.5) is 0 Å². The summed E-state index contributed by atoms with van der Waals surface area (Å²) in [7, 11) is 0. The van der Waals surface area contributed by atoms with Gasteiger partial charge in [-0.15, -0.1) is 0 Å². The first kappa shape index (κ1) is 13.1. The lowest BCUT2D eigenvalue weighted by atomic mass is 9.76. The van der Waals surface area contributed by atoms with E-state index < -0.39 is 0 Å². The molecule has 0 heterocycles. The second-order valence-electron chi connectivity index (χ2n) is 5.13. The molecule has 2 nitrogen and oxygen atoms in total. The largest absolute Gasteiger partial charge is 0.486 e. The van der Waals surface area contributed by atoms with Crippen LogP contribution in [-0.2, 0) is 4.79 Å². The van der Waals surface area contributed by atoms with E-state index in [4.69, 9.17) is 4.74 Å². The molecule has 0 radical (unpaired) electrons. The van der Waals surface area contributed by atoms with Gasteiger partial charge in [0.25, 0.3) is 0 Å². The standard InChI is InChI=1S/C16H22O2/c1-2-13-8-6-7-11-15(13)16(17)12-18-14-9-4-3-5-10-14/h3-5,9-10,13,15H,2,6-8,11-12H2,1H3. The Morgan fingerprint density at radius 1 is 1.22 bits per heavy atom. The van der Waals surface area contributed by atoms with Crippen molar-refractivity contribution in [3.05, 3.63) is 30.3 Å². The van der Waals surface area contributed by atoms with Gasteiger partial charge >= 0.3 is 0 Å². The predicted octanol–water partition coefficient (Wildman–Crippen LogP) is 3.85. The fourth-order valence-corrected chi connectivity index (χ4v) is 2.90. The first-order chi connectivity index (χ1) is 8.81. The quantitative estimate of drug-likeness (QED) is 0.788. The number of benzene rings is 1. The number of carbonyl (C=O) groups is 1. The molecule has 2 rings (SSSR count). The topological polar surface area (TPSA) is 26.3 Å². The molecule has 1 saturated carbocycles. The van der Waals surface area contributed by atoms with Crippen molar-refractivity contribution in [1.29, 1.82) is 0 Å². The van der Waals surface area contributed by atoms with E-state index in [0.717, 1.165) is 18.6 Å². The number of ketones is 1. The summed E-state index contributed by atoms with van der Waals surface area (Å²) in [6.07, 6.45) is 5.84. The molecule has 0 N–H and O–H groups in total. The van der Waals surface area contributed by atoms with Crippen LogP contribution in [0.5, 0.6) is 5.75 Å². The Morgan fingerprint density at radius 3 is 2.67 bits per heavy atom. The summed E-state index contributed by atoms with van der Waals surface area (Å²) in [5.74, 6) is 1.87. The highest BCUT2D eigenvalue weighted by Crippen LogP contribution is 2.32. The van der Waals surface area contributed by atoms with Crippen LogP contribution in [0, 0.1) is 11.8 Å². The molecule has 1 aliphatic carbocycles. The number of hydrogen-bond donors (Lipinski definition) is 0. The van der Waals surface area contributed by atoms with Gasteiger partial charge in [-0.05, 0) is 30.9 Å². The minimum absolute atomic E-state index is 0.227. The third-order valence-corrected chi connectivity index (χ3v) is 3.97. The van der Waals surface area contributed by atoms with Gasteiger partial charge in [0.1, 0.15) is 12.4 Å². The molecule has 2 heteroatoms. The molecule has 0 saturated heterocycles. The molecule has 1 aliphatic rings. The van der Waals surface area contributed by atoms with Gasteiger partial charge in [-0.2, -0.15) is 0 Å². The maximum Gasteiger partial charge on any atom is 0.173 e. The highest BCUT2D eigenvalue weighted by molar-refractivity contribution is 5.82. The van der Waals surface area contributed by atoms with E-state index in [1.54, 1.807) is 0 Å². The molecule has 0 aromatic heterocycles. The van der Waals surface area contributed by atoms with Gasteiger partial charge in [0.2, 0.25) is 0 Å². The van der Waals surface area contributed by atoms with E-state index in [1.807, 2.05) is 30.3 Å². The number of carbonyl (C=O) groups excluding carboxylic acids is 1. The van der Waals surface area contributed by atoms with Crippen molar-refractivity contribution in [1.82, 2.24) is 0 Å². The summed E-state index contributed by atoms with van der Waals surface area (Å²) in [6.45, 7) is 2.42. The molecule has 0 amide bonds. The van der Waals surface area contributed by atoms with E-state index in [2.05, 4.69) is 6.92 Å². The van der Waals surface area contributed by atoms with Crippen molar-refractivity contribution in [2.45, 2.75) is 39.0 Å². The van der Waals surface area contributed by atoms with E-state index in [-0.39, 0.29) is 18.3 Å². The van der Waals surface area contributed by atoms with Gasteiger partial charge in [0.05, 0.1) is 0 Å². The number of ether oxygens (including phenoxy) is 1. The number of rotatable bonds is 5. The van der Waals surface area contributed by atoms with Crippen LogP contribution in [0.25, 0.3) is 0 Å². The molecule has 98 valence electrons. The summed E-state index contributed by atoms with van der Waals surface area (Å²) in [5, 5.41) is 0. The summed E-state index contributed by atoms with van der Waals surface area (Å²) in [6, 6.07) is 9.59. The normalized spacial score (nSPS) is 23.6. The molecule has 0 spiro atoms. The Kier molecular flexibility index (Phi) is 4.80. The molecular weight excluding hydrogens is 224 g/mol. The summed E-state index contributed by atoms with van der Waals surface area (Å²) < 4.78 is 5.56. The first-order valence-corrected chi connectivity index (χ1v) is 7.02. The molecule has 1 aromatic rings. The van der Waals surface area contributed by atoms with Crippen LogP contribution in [0.2, 0.25) is 0 Å². The van der Waals surface area contributed by atoms with Crippen molar-refractivity contribution >= 4 is 5.78 Å². The van der Waals surface area contributed by atoms with Crippen LogP contribution in [0.1, 0.15) is 39.0 Å². The zero-order valence-corrected chi connectivity index (χ0v) is 11.1. The molecule has 0 aliphatic heterocycles. The van der Waals surface area contributed by atoms with Gasteiger partial charge in [0, 0.05) is 5.92 Å². The second kappa shape index (κ2) is 6.58. The molecule has 0 bridgehead atoms. The Labute approximate surface area is 109 Å². The second-order valence-corrected chi connectivity index (χ2v) is 5.13. The lowest BCUT2D eigenvalue weighted by Crippen LogP contribution is -2.30. The van der Waals surface area contributed by atoms with Crippen LogP contribution in [0.3, 0.4) is 0 Å². The number of para-hydroxylation sites is 1. The highest BCUT2D eigenvalue weighted by Gasteiger charge is 2.29. The van der Waals surface area contributed by atoms with Crippen LogP contribution >= 0.6 is 0 Å². The van der Waals surface area contributed by atoms with Crippen molar-refractivity contribution in [3.8, 4) is 5.75 Å². The van der Waals surface area contributed by atoms with Gasteiger partial charge in [-0.1, -0.05) is 44.4 Å². The van der Waals surface area contributed by atoms with Gasteiger partial charge in [-0.3, -0.25) is 4.79 Å². The molecule has 1 aromatic carbocycles. The lowest BCUT2D eigenvalue weighted by molar-refractivity contribution is -0.127. The number of Topliss-reactive ketones (excluding diaryl/α,β-unsaturated/α-hetero) is 1. The predicted molar refractivity (Wildman–Crippen MR) is 72.7 cm³/mol. The Balaban J connectivity index is 1.87. The van der Waals surface area contributed by atoms with Crippen molar-refractivity contribution in [2.24, 2.45) is 11.8 Å². The highest BCUT2D eigenvalue weighted by atomic mass is 16.5. The van der Waals surface area contributed by atoms with E-state index in [9.17, 15) is 4.79 Å². The third kappa shape index (κ3) is 3.34. The maximum absolute atomic E-state index is 12.2. The fourth-order valence-electron chi connectivity index (χ4n) is 2.90. The summed E-state index contributed by atoms with van der Waals surface area (Å²) in [4.78, 5) is 12.2. The Bertz CT molecular complexity index is 372. The molecule has 18 heavy (non-hydrogen) atoms. The molecule has 2 atom stereocenters. The van der Waals surface area contributed by atoms with Gasteiger partial charge in [-0.25, -0.2) is 0 Å². The maximum atomic E-state index is 12.2. The molecule has 2 unspecified atom stereocenters. The lowest BCUT2D eigenvalue weighted by Gasteiger charge is -2.29. The van der Waals surface area contributed by atoms with Crippen LogP contribution < -0.4 is 4.74 Å². The van der Waals surface area contributed by atoms with E-state index in [1.165, 1.54) is 19.3 Å². The smallest absolute Gasteiger partial charge is 0.173 e. The number of hydrogen-bond acceptors (Lipinski definition) is 2. The fraction of sp³-hybridized carbons (Fsp3) is 0.562. The summed E-state index contributed by atoms with van der Waals surface area (Å²) in [5.41, 5.74) is 0. The van der Waals surface area contributed by atoms with Crippen LogP contribution in [-0.4, -0.2) is 12.4 Å². The van der Waals surface area contributed by atoms with Gasteiger partial charge < -0.3 is 4.74 Å². The SMILES string of the molecule is CCC1CCCCC1C(=O)COc1ccccc1. The third-order valence-electron chi connectivity index (χ3n) is 3.97. The minimum Gasteiger partial charge on any atom is -0.486 e. The summed E-state index contributed by atoms with van der Waals surface area (Å²) >= 11 is 0. The Hall–Kier alpha value is -1.31. The van der Waals surface area contributed by atoms with Gasteiger partial charge in [0.15, 0.2) is 5.78 Å². The minimum atomic E-state index is 0.227. The van der Waals surface area contributed by atoms with Crippen LogP contribution in [0.15, 0.2) is 30.3 Å². The van der Waals surface area contributed by atoms with E-state index in [0.29, 0.717) is 5.92 Å². The average molecular weight is 246 g/mol.